The Labute approximate surface area is 359 Å². The van der Waals surface area contributed by atoms with Crippen LogP contribution in [0.25, 0.3) is 11.3 Å². The summed E-state index contributed by atoms with van der Waals surface area (Å²) in [6.45, 7) is 1.40. The molecule has 2 N–H and O–H groups in total. The minimum Gasteiger partial charge on any atom is -0.496 e. The fourth-order valence-corrected chi connectivity index (χ4v) is 7.64. The Kier molecular flexibility index (Phi) is 10.8. The number of benzene rings is 2. The molecule has 3 aliphatic heterocycles. The normalized spacial score (nSPS) is 18.4. The number of hydrogen-bond donors (Lipinski definition) is 2. The number of aromatic nitrogens is 8. The lowest BCUT2D eigenvalue weighted by Crippen LogP contribution is -2.48. The topological polar surface area (TPSA) is 189 Å². The fourth-order valence-electron chi connectivity index (χ4n) is 7.21. The second-order valence-electron chi connectivity index (χ2n) is 14.3. The van der Waals surface area contributed by atoms with Gasteiger partial charge >= 0.3 is 0 Å². The van der Waals surface area contributed by atoms with Gasteiger partial charge in [0.1, 0.15) is 53.5 Å². The van der Waals surface area contributed by atoms with Crippen LogP contribution in [0.2, 0.25) is 0 Å². The highest BCUT2D eigenvalue weighted by Gasteiger charge is 2.33. The molecule has 0 radical (unpaired) electrons. The van der Waals surface area contributed by atoms with Crippen LogP contribution in [0.1, 0.15) is 44.3 Å². The van der Waals surface area contributed by atoms with E-state index in [1.807, 2.05) is 60.7 Å². The molecule has 18 nitrogen and oxygen atoms in total. The number of nitrogens with one attached hydrogen (secondary N) is 2. The number of amides is 2. The predicted molar refractivity (Wildman–Crippen MR) is 229 cm³/mol. The molecule has 310 valence electrons. The molecular weight excluding hydrogens is 821 g/mol. The summed E-state index contributed by atoms with van der Waals surface area (Å²) in [4.78, 5) is 49.2. The SMILES string of the molecule is COc1cc(-c2ccc3c(n2)N(C)C(=S)C(NC(=O)c2nc4n(n2)CCO[C@H]4c2ccccc2)CO3)ccc1Cn1cnc(C(=O)NC2COc3cccnc3N(C)C2=S)n1. The molecule has 2 amide bonds. The summed E-state index contributed by atoms with van der Waals surface area (Å²) in [6.07, 6.45) is 2.70. The largest absolute Gasteiger partial charge is 0.496 e. The Balaban J connectivity index is 0.854. The van der Waals surface area contributed by atoms with E-state index in [4.69, 9.17) is 48.4 Å². The third kappa shape index (κ3) is 7.83. The van der Waals surface area contributed by atoms with E-state index in [9.17, 15) is 9.59 Å². The van der Waals surface area contributed by atoms with E-state index in [1.54, 1.807) is 58.7 Å². The standard InChI is InChI=1S/C41H38N12O6S2/c1-50-35-29(10-7-15-42-35)58-20-27(40(50)60)45-38(54)33-43-22-52(48-33)19-25-12-11-24(18-31(25)56-3)26-13-14-30-36(44-26)51(2)41(61)28(21-59-30)46-39(55)34-47-37-32(23-8-5-4-6-9-23)57-17-16-53(37)49-34/h4-15,18,22,27-28,32H,16-17,19-21H2,1-3H3,(H,45,54)(H,46,55)/t27?,28?,32-/m0/s1. The predicted octanol–water partition coefficient (Wildman–Crippen LogP) is 3.41. The summed E-state index contributed by atoms with van der Waals surface area (Å²) in [5.41, 5.74) is 3.13. The number of rotatable bonds is 9. The van der Waals surface area contributed by atoms with Crippen LogP contribution in [0, 0.1) is 0 Å². The van der Waals surface area contributed by atoms with Gasteiger partial charge in [0, 0.05) is 31.4 Å². The van der Waals surface area contributed by atoms with Crippen LogP contribution >= 0.6 is 24.4 Å². The van der Waals surface area contributed by atoms with Gasteiger partial charge in [-0.25, -0.2) is 29.3 Å². The molecule has 0 aliphatic carbocycles. The van der Waals surface area contributed by atoms with Crippen molar-refractivity contribution in [1.82, 2.24) is 50.1 Å². The lowest BCUT2D eigenvalue weighted by Gasteiger charge is -2.22. The van der Waals surface area contributed by atoms with Crippen LogP contribution in [0.5, 0.6) is 17.2 Å². The molecule has 0 spiro atoms. The minimum absolute atomic E-state index is 0.0186. The fraction of sp³-hybridized carbons (Fsp3) is 0.268. The number of thiocarbonyl (C=S) groups is 2. The van der Waals surface area contributed by atoms with E-state index in [0.717, 1.165) is 16.7 Å². The molecule has 7 heterocycles. The first-order chi connectivity index (χ1) is 29.6. The highest BCUT2D eigenvalue weighted by Crippen LogP contribution is 2.35. The smallest absolute Gasteiger partial charge is 0.291 e. The average Bonchev–Trinajstić information content (AvgIpc) is 3.92. The number of methoxy groups -OCH3 is 1. The maximum absolute atomic E-state index is 13.5. The summed E-state index contributed by atoms with van der Waals surface area (Å²) in [6, 6.07) is 21.3. The molecule has 61 heavy (non-hydrogen) atoms. The first-order valence-electron chi connectivity index (χ1n) is 19.2. The zero-order valence-corrected chi connectivity index (χ0v) is 34.7. The van der Waals surface area contributed by atoms with Crippen molar-refractivity contribution >= 4 is 57.9 Å². The summed E-state index contributed by atoms with van der Waals surface area (Å²) < 4.78 is 27.1. The van der Waals surface area contributed by atoms with Gasteiger partial charge in [-0.05, 0) is 35.9 Å². The van der Waals surface area contributed by atoms with Crippen molar-refractivity contribution in [3.05, 3.63) is 114 Å². The maximum Gasteiger partial charge on any atom is 0.291 e. The van der Waals surface area contributed by atoms with E-state index >= 15 is 0 Å². The van der Waals surface area contributed by atoms with Crippen LogP contribution in [0.3, 0.4) is 0 Å². The minimum atomic E-state index is -0.671. The van der Waals surface area contributed by atoms with E-state index in [1.165, 1.54) is 6.33 Å². The third-order valence-electron chi connectivity index (χ3n) is 10.4. The molecule has 3 atom stereocenters. The number of likely N-dealkylation sites (N-methyl/N-ethyl adjacent to an activating group) is 2. The first kappa shape index (κ1) is 39.6. The lowest BCUT2D eigenvalue weighted by molar-refractivity contribution is 0.0389. The van der Waals surface area contributed by atoms with Gasteiger partial charge in [-0.15, -0.1) is 10.2 Å². The molecule has 0 saturated carbocycles. The summed E-state index contributed by atoms with van der Waals surface area (Å²) in [5.74, 6) is 2.28. The van der Waals surface area contributed by atoms with Crippen LogP contribution in [-0.2, 0) is 17.8 Å². The van der Waals surface area contributed by atoms with Crippen molar-refractivity contribution in [2.75, 3.05) is 50.8 Å². The monoisotopic (exact) mass is 858 g/mol. The summed E-state index contributed by atoms with van der Waals surface area (Å²) >= 11 is 11.5. The van der Waals surface area contributed by atoms with Gasteiger partial charge in [0.2, 0.25) is 11.6 Å². The highest BCUT2D eigenvalue weighted by atomic mass is 32.1. The molecule has 0 bridgehead atoms. The van der Waals surface area contributed by atoms with Crippen molar-refractivity contribution in [3.63, 3.8) is 0 Å². The summed E-state index contributed by atoms with van der Waals surface area (Å²) in [7, 11) is 5.14. The number of anilines is 2. The van der Waals surface area contributed by atoms with Crippen LogP contribution in [-0.4, -0.2) is 114 Å². The number of ether oxygens (including phenoxy) is 4. The molecule has 9 rings (SSSR count). The quantitative estimate of drug-likeness (QED) is 0.201. The Hall–Kier alpha value is -6.90. The molecule has 0 fully saturated rings. The Bertz CT molecular complexity index is 2670. The number of hydrogen-bond acceptors (Lipinski definition) is 14. The van der Waals surface area contributed by atoms with E-state index in [2.05, 4.69) is 35.8 Å². The van der Waals surface area contributed by atoms with E-state index in [-0.39, 0.29) is 31.4 Å². The maximum atomic E-state index is 13.5. The zero-order chi connectivity index (χ0) is 42.2. The molecule has 0 saturated heterocycles. The van der Waals surface area contributed by atoms with Crippen molar-refractivity contribution < 1.29 is 28.5 Å². The van der Waals surface area contributed by atoms with E-state index in [0.29, 0.717) is 63.5 Å². The highest BCUT2D eigenvalue weighted by molar-refractivity contribution is 7.81. The van der Waals surface area contributed by atoms with E-state index < -0.39 is 30.0 Å². The molecule has 20 heteroatoms. The number of fused-ring (bicyclic) bond motifs is 3. The molecule has 3 aliphatic rings. The second-order valence-corrected chi connectivity index (χ2v) is 15.1. The van der Waals surface area contributed by atoms with Gasteiger partial charge in [0.05, 0.1) is 32.5 Å². The Morgan fingerprint density at radius 1 is 0.820 bits per heavy atom. The Morgan fingerprint density at radius 2 is 1.54 bits per heavy atom. The summed E-state index contributed by atoms with van der Waals surface area (Å²) in [5, 5.41) is 14.8. The van der Waals surface area contributed by atoms with Crippen LogP contribution < -0.4 is 34.6 Å². The molecule has 4 aromatic heterocycles. The number of carbonyl (C=O) groups excluding carboxylic acids is 2. The average molecular weight is 859 g/mol. The van der Waals surface area contributed by atoms with Crippen molar-refractivity contribution in [1.29, 1.82) is 0 Å². The second kappa shape index (κ2) is 16.6. The zero-order valence-electron chi connectivity index (χ0n) is 33.1. The van der Waals surface area contributed by atoms with Crippen LogP contribution in [0.15, 0.2) is 85.3 Å². The van der Waals surface area contributed by atoms with Crippen LogP contribution in [0.4, 0.5) is 11.6 Å². The number of carbonyl (C=O) groups is 2. The number of nitrogens with zero attached hydrogens (tertiary/aromatic N) is 10. The van der Waals surface area contributed by atoms with Gasteiger partial charge in [-0.2, -0.15) is 0 Å². The van der Waals surface area contributed by atoms with Crippen molar-refractivity contribution in [2.24, 2.45) is 0 Å². The van der Waals surface area contributed by atoms with Gasteiger partial charge in [-0.1, -0.05) is 66.9 Å². The van der Waals surface area contributed by atoms with Crippen molar-refractivity contribution in [3.8, 4) is 28.5 Å². The first-order valence-corrected chi connectivity index (χ1v) is 20.0. The molecule has 2 unspecified atom stereocenters. The number of pyridine rings is 2. The van der Waals surface area contributed by atoms with Gasteiger partial charge in [0.25, 0.3) is 11.8 Å². The van der Waals surface area contributed by atoms with Gasteiger partial charge in [0.15, 0.2) is 29.0 Å². The Morgan fingerprint density at radius 3 is 2.30 bits per heavy atom. The van der Waals surface area contributed by atoms with Gasteiger partial charge < -0.3 is 39.4 Å². The van der Waals surface area contributed by atoms with Crippen molar-refractivity contribution in [2.45, 2.75) is 31.3 Å². The third-order valence-corrected chi connectivity index (χ3v) is 11.5. The molecule has 2 aromatic carbocycles. The molecular formula is C41H38N12O6S2. The lowest BCUT2D eigenvalue weighted by atomic mass is 10.1. The molecule has 6 aromatic rings. The van der Waals surface area contributed by atoms with Gasteiger partial charge in [-0.3, -0.25) is 9.59 Å².